The van der Waals surface area contributed by atoms with E-state index in [-0.39, 0.29) is 11.5 Å². The van der Waals surface area contributed by atoms with Gasteiger partial charge in [-0.15, -0.1) is 0 Å². The average molecular weight is 447 g/mol. The second kappa shape index (κ2) is 7.31. The van der Waals surface area contributed by atoms with Gasteiger partial charge in [0.15, 0.2) is 0 Å². The molecule has 8 nitrogen and oxygen atoms in total. The van der Waals surface area contributed by atoms with E-state index in [1.165, 1.54) is 5.69 Å². The van der Waals surface area contributed by atoms with Crippen molar-refractivity contribution in [2.75, 3.05) is 18.0 Å². The highest BCUT2D eigenvalue weighted by Gasteiger charge is 2.46. The van der Waals surface area contributed by atoms with Gasteiger partial charge in [-0.25, -0.2) is 15.0 Å². The maximum absolute atomic E-state index is 6.61. The molecule has 0 aromatic carbocycles. The first-order valence-electron chi connectivity index (χ1n) is 11.0. The van der Waals surface area contributed by atoms with Crippen LogP contribution in [0, 0.1) is 19.3 Å². The predicted molar refractivity (Wildman–Crippen MR) is 124 cm³/mol. The summed E-state index contributed by atoms with van der Waals surface area (Å²) in [6, 6.07) is 4.24. The Hall–Kier alpha value is -2.91. The predicted octanol–water partition coefficient (Wildman–Crippen LogP) is 3.39. The van der Waals surface area contributed by atoms with Crippen molar-refractivity contribution < 1.29 is 0 Å². The quantitative estimate of drug-likeness (QED) is 0.516. The van der Waals surface area contributed by atoms with Crippen LogP contribution >= 0.6 is 11.8 Å². The maximum Gasteiger partial charge on any atom is 0.147 e. The number of piperidine rings is 1. The van der Waals surface area contributed by atoms with Crippen molar-refractivity contribution in [1.29, 1.82) is 0 Å². The second-order valence-electron chi connectivity index (χ2n) is 8.97. The lowest BCUT2D eigenvalue weighted by Crippen LogP contribution is -2.45. The van der Waals surface area contributed by atoms with Crippen LogP contribution in [-0.2, 0) is 6.54 Å². The van der Waals surface area contributed by atoms with Crippen LogP contribution in [0.2, 0.25) is 0 Å². The molecule has 2 aliphatic rings. The fourth-order valence-corrected chi connectivity index (χ4v) is 5.95. The molecule has 6 heterocycles. The summed E-state index contributed by atoms with van der Waals surface area (Å²) in [5.74, 6) is 0.935. The molecule has 4 aromatic heterocycles. The Bertz CT molecular complexity index is 1280. The number of pyridine rings is 1. The first-order chi connectivity index (χ1) is 15.5. The molecule has 0 amide bonds. The highest BCUT2D eigenvalue weighted by atomic mass is 32.2. The molecule has 0 saturated carbocycles. The molecule has 0 unspecified atom stereocenters. The fourth-order valence-electron chi connectivity index (χ4n) is 5.14. The van der Waals surface area contributed by atoms with E-state index in [4.69, 9.17) is 15.7 Å². The van der Waals surface area contributed by atoms with Crippen LogP contribution in [0.3, 0.4) is 0 Å². The number of imidazole rings is 1. The molecule has 2 N–H and O–H groups in total. The largest absolute Gasteiger partial charge is 0.355 e. The van der Waals surface area contributed by atoms with E-state index in [2.05, 4.69) is 49.3 Å². The summed E-state index contributed by atoms with van der Waals surface area (Å²) in [5.41, 5.74) is 11.1. The monoisotopic (exact) mass is 446 g/mol. The summed E-state index contributed by atoms with van der Waals surface area (Å²) in [5, 5.41) is 5.33. The van der Waals surface area contributed by atoms with Crippen LogP contribution in [0.5, 0.6) is 0 Å². The number of hydrogen-bond acceptors (Lipinski definition) is 7. The van der Waals surface area contributed by atoms with E-state index in [0.29, 0.717) is 0 Å². The molecule has 1 spiro atoms. The Balaban J connectivity index is 1.14. The fraction of sp³-hybridized carbons (Fsp3) is 0.391. The first-order valence-corrected chi connectivity index (χ1v) is 11.8. The number of rotatable bonds is 3. The molecule has 0 radical (unpaired) electrons. The minimum atomic E-state index is 0.0662. The molecule has 6 rings (SSSR count). The van der Waals surface area contributed by atoms with Crippen molar-refractivity contribution >= 4 is 23.2 Å². The van der Waals surface area contributed by atoms with Crippen molar-refractivity contribution in [2.45, 2.75) is 49.2 Å². The molecular formula is C23H26N8S. The van der Waals surface area contributed by atoms with Crippen molar-refractivity contribution in [3.8, 4) is 0 Å². The van der Waals surface area contributed by atoms with Crippen LogP contribution in [0.1, 0.15) is 35.8 Å². The lowest BCUT2D eigenvalue weighted by Gasteiger charge is -2.41. The van der Waals surface area contributed by atoms with E-state index >= 15 is 0 Å². The van der Waals surface area contributed by atoms with Crippen molar-refractivity contribution in [3.05, 3.63) is 60.1 Å². The normalized spacial score (nSPS) is 19.7. The molecular weight excluding hydrogens is 420 g/mol. The Kier molecular flexibility index (Phi) is 4.51. The summed E-state index contributed by atoms with van der Waals surface area (Å²) >= 11 is 1.63. The van der Waals surface area contributed by atoms with Gasteiger partial charge in [-0.2, -0.15) is 5.10 Å². The van der Waals surface area contributed by atoms with E-state index in [1.54, 1.807) is 11.8 Å². The van der Waals surface area contributed by atoms with Crippen LogP contribution in [-0.4, -0.2) is 42.2 Å². The highest BCUT2D eigenvalue weighted by Crippen LogP contribution is 2.47. The Labute approximate surface area is 190 Å². The number of aromatic nitrogens is 6. The zero-order valence-corrected chi connectivity index (χ0v) is 19.1. The average Bonchev–Trinajstić information content (AvgIpc) is 3.48. The first kappa shape index (κ1) is 19.8. The lowest BCUT2D eigenvalue weighted by molar-refractivity contribution is 0.170. The Morgan fingerprint density at radius 3 is 2.72 bits per heavy atom. The smallest absolute Gasteiger partial charge is 0.147 e. The van der Waals surface area contributed by atoms with Crippen LogP contribution in [0.4, 0.5) is 5.82 Å². The van der Waals surface area contributed by atoms with E-state index in [1.807, 2.05) is 31.7 Å². The molecule has 1 saturated heterocycles. The van der Waals surface area contributed by atoms with Crippen molar-refractivity contribution in [3.63, 3.8) is 0 Å². The van der Waals surface area contributed by atoms with Gasteiger partial charge in [0.25, 0.3) is 0 Å². The summed E-state index contributed by atoms with van der Waals surface area (Å²) in [7, 11) is 0. The number of fused-ring (bicyclic) bond motifs is 2. The van der Waals surface area contributed by atoms with Gasteiger partial charge in [0, 0.05) is 54.1 Å². The topological polar surface area (TPSA) is 90.2 Å². The molecule has 32 heavy (non-hydrogen) atoms. The second-order valence-corrected chi connectivity index (χ2v) is 10.0. The van der Waals surface area contributed by atoms with E-state index in [9.17, 15) is 0 Å². The van der Waals surface area contributed by atoms with E-state index < -0.39 is 0 Å². The van der Waals surface area contributed by atoms with Gasteiger partial charge in [0.1, 0.15) is 16.5 Å². The maximum atomic E-state index is 6.61. The Morgan fingerprint density at radius 2 is 1.97 bits per heavy atom. The third kappa shape index (κ3) is 3.10. The molecule has 9 heteroatoms. The molecule has 1 atom stereocenters. The van der Waals surface area contributed by atoms with Gasteiger partial charge in [0.2, 0.25) is 0 Å². The van der Waals surface area contributed by atoms with Crippen LogP contribution in [0.25, 0.3) is 5.65 Å². The molecule has 0 aliphatic carbocycles. The Morgan fingerprint density at radius 1 is 1.12 bits per heavy atom. The SMILES string of the molecule is Cc1cn2ccc(Sc3cnc(N4CCC5(CC4)Cn4nccc4[C@H]5N)cn3)c(C)c2n1. The molecule has 1 fully saturated rings. The summed E-state index contributed by atoms with van der Waals surface area (Å²) in [6.45, 7) is 6.92. The summed E-state index contributed by atoms with van der Waals surface area (Å²) in [6.07, 6.45) is 11.8. The van der Waals surface area contributed by atoms with Crippen molar-refractivity contribution in [2.24, 2.45) is 11.1 Å². The summed E-state index contributed by atoms with van der Waals surface area (Å²) < 4.78 is 4.15. The molecule has 2 aliphatic heterocycles. The van der Waals surface area contributed by atoms with Crippen LogP contribution < -0.4 is 10.6 Å². The minimum Gasteiger partial charge on any atom is -0.355 e. The molecule has 164 valence electrons. The van der Waals surface area contributed by atoms with Crippen molar-refractivity contribution in [1.82, 2.24) is 29.1 Å². The number of aryl methyl sites for hydroxylation is 2. The van der Waals surface area contributed by atoms with Crippen LogP contribution in [0.15, 0.2) is 53.0 Å². The standard InChI is InChI=1S/C23H26N8S/c1-15-13-30-8-4-18(16(2)22(30)28-15)32-20-12-25-19(11-26-20)29-9-5-23(6-10-29)14-31-17(21(23)24)3-7-27-31/h3-4,7-8,11-13,21H,5-6,9-10,14,24H2,1-2H3/t21-/m1/s1. The number of nitrogens with two attached hydrogens (primary N) is 1. The third-order valence-electron chi connectivity index (χ3n) is 7.05. The number of anilines is 1. The van der Waals surface area contributed by atoms with Gasteiger partial charge in [-0.05, 0) is 38.8 Å². The van der Waals surface area contributed by atoms with Gasteiger partial charge in [-0.1, -0.05) is 11.8 Å². The van der Waals surface area contributed by atoms with Gasteiger partial charge in [-0.3, -0.25) is 4.68 Å². The van der Waals surface area contributed by atoms with Gasteiger partial charge >= 0.3 is 0 Å². The number of hydrogen-bond donors (Lipinski definition) is 1. The molecule has 4 aromatic rings. The minimum absolute atomic E-state index is 0.0662. The zero-order valence-electron chi connectivity index (χ0n) is 18.3. The van der Waals surface area contributed by atoms with Gasteiger partial charge in [0.05, 0.1) is 29.8 Å². The van der Waals surface area contributed by atoms with E-state index in [0.717, 1.165) is 65.1 Å². The highest BCUT2D eigenvalue weighted by molar-refractivity contribution is 7.99. The third-order valence-corrected chi connectivity index (χ3v) is 8.13. The molecule has 0 bridgehead atoms. The summed E-state index contributed by atoms with van der Waals surface area (Å²) in [4.78, 5) is 17.5. The van der Waals surface area contributed by atoms with Gasteiger partial charge < -0.3 is 15.0 Å². The lowest BCUT2D eigenvalue weighted by atomic mass is 9.73. The number of nitrogens with zero attached hydrogens (tertiary/aromatic N) is 7. The zero-order chi connectivity index (χ0) is 21.9.